The van der Waals surface area contributed by atoms with Crippen molar-refractivity contribution in [1.29, 1.82) is 0 Å². The number of benzene rings is 1. The molecule has 1 saturated heterocycles. The van der Waals surface area contributed by atoms with Gasteiger partial charge in [-0.15, -0.1) is 0 Å². The summed E-state index contributed by atoms with van der Waals surface area (Å²) in [7, 11) is 0. The molecule has 0 unspecified atom stereocenters. The molecule has 3 aliphatic rings. The second-order valence-electron chi connectivity index (χ2n) is 10.8. The van der Waals surface area contributed by atoms with E-state index in [1.807, 2.05) is 18.2 Å². The van der Waals surface area contributed by atoms with Gasteiger partial charge < -0.3 is 20.6 Å². The van der Waals surface area contributed by atoms with Gasteiger partial charge in [-0.25, -0.2) is 4.98 Å². The zero-order valence-corrected chi connectivity index (χ0v) is 21.3. The van der Waals surface area contributed by atoms with E-state index < -0.39 is 0 Å². The molecule has 3 fully saturated rings. The molecule has 1 aromatic heterocycles. The standard InChI is InChI=1S/C27H36ClN5O2/c1-18-2-6-21(7-3-18)31-25(35)22-16-30-26(33-12-10-27(8-9-27)11-13-33)32-24(22)29-15-19-4-5-20(17-34)23(28)14-19/h4-5,14,16,18,21,34H,2-3,6-13,15,17H2,1H3,(H,31,35)(H,29,30,32). The molecule has 5 rings (SSSR count). The minimum atomic E-state index is -0.122. The first-order valence-corrected chi connectivity index (χ1v) is 13.4. The Balaban J connectivity index is 1.33. The Morgan fingerprint density at radius 3 is 2.57 bits per heavy atom. The number of anilines is 2. The minimum Gasteiger partial charge on any atom is -0.392 e. The Kier molecular flexibility index (Phi) is 7.17. The smallest absolute Gasteiger partial charge is 0.256 e. The van der Waals surface area contributed by atoms with Crippen LogP contribution in [0.25, 0.3) is 0 Å². The summed E-state index contributed by atoms with van der Waals surface area (Å²) in [5.41, 5.74) is 2.70. The van der Waals surface area contributed by atoms with Gasteiger partial charge >= 0.3 is 0 Å². The zero-order valence-electron chi connectivity index (χ0n) is 20.5. The fraction of sp³-hybridized carbons (Fsp3) is 0.593. The van der Waals surface area contributed by atoms with Crippen molar-refractivity contribution < 1.29 is 9.90 Å². The van der Waals surface area contributed by atoms with E-state index in [-0.39, 0.29) is 18.6 Å². The molecular formula is C27H36ClN5O2. The Morgan fingerprint density at radius 1 is 1.17 bits per heavy atom. The van der Waals surface area contributed by atoms with Crippen LogP contribution in [0.2, 0.25) is 5.02 Å². The van der Waals surface area contributed by atoms with E-state index in [1.165, 1.54) is 25.7 Å². The van der Waals surface area contributed by atoms with Crippen LogP contribution in [0, 0.1) is 11.3 Å². The van der Waals surface area contributed by atoms with Crippen LogP contribution in [0.1, 0.15) is 79.8 Å². The Labute approximate surface area is 212 Å². The first-order chi connectivity index (χ1) is 16.9. The fourth-order valence-electron chi connectivity index (χ4n) is 5.37. The van der Waals surface area contributed by atoms with Crippen molar-refractivity contribution in [1.82, 2.24) is 15.3 Å². The Hall–Kier alpha value is -2.38. The second-order valence-corrected chi connectivity index (χ2v) is 11.2. The molecular weight excluding hydrogens is 462 g/mol. The van der Waals surface area contributed by atoms with Crippen LogP contribution < -0.4 is 15.5 Å². The summed E-state index contributed by atoms with van der Waals surface area (Å²) in [4.78, 5) is 24.9. The number of hydrogen-bond donors (Lipinski definition) is 3. The molecule has 188 valence electrons. The molecule has 0 atom stereocenters. The number of aromatic nitrogens is 2. The van der Waals surface area contributed by atoms with Gasteiger partial charge in [0.05, 0.1) is 6.61 Å². The lowest BCUT2D eigenvalue weighted by atomic mass is 9.87. The SMILES string of the molecule is CC1CCC(NC(=O)c2cnc(N3CCC4(CC3)CC4)nc2NCc2ccc(CO)c(Cl)c2)CC1. The third-order valence-electron chi connectivity index (χ3n) is 8.18. The topological polar surface area (TPSA) is 90.4 Å². The van der Waals surface area contributed by atoms with Crippen molar-refractivity contribution in [2.24, 2.45) is 11.3 Å². The van der Waals surface area contributed by atoms with Crippen molar-refractivity contribution in [2.75, 3.05) is 23.3 Å². The highest BCUT2D eigenvalue weighted by Crippen LogP contribution is 2.53. The van der Waals surface area contributed by atoms with E-state index in [4.69, 9.17) is 16.6 Å². The third kappa shape index (κ3) is 5.72. The van der Waals surface area contributed by atoms with Gasteiger partial charge in [0.15, 0.2) is 0 Å². The molecule has 2 aromatic rings. The number of nitrogens with zero attached hydrogens (tertiary/aromatic N) is 3. The van der Waals surface area contributed by atoms with Crippen molar-refractivity contribution in [3.63, 3.8) is 0 Å². The van der Waals surface area contributed by atoms with E-state index in [1.54, 1.807) is 6.20 Å². The molecule has 0 bridgehead atoms. The molecule has 7 nitrogen and oxygen atoms in total. The van der Waals surface area contributed by atoms with Crippen LogP contribution in [0.3, 0.4) is 0 Å². The predicted octanol–water partition coefficient (Wildman–Crippen LogP) is 4.92. The predicted molar refractivity (Wildman–Crippen MR) is 139 cm³/mol. The molecule has 0 radical (unpaired) electrons. The molecule has 2 saturated carbocycles. The quantitative estimate of drug-likeness (QED) is 0.503. The minimum absolute atomic E-state index is 0.0941. The van der Waals surface area contributed by atoms with E-state index in [9.17, 15) is 9.90 Å². The average Bonchev–Trinajstić information content (AvgIpc) is 3.63. The van der Waals surface area contributed by atoms with Crippen LogP contribution in [0.4, 0.5) is 11.8 Å². The summed E-state index contributed by atoms with van der Waals surface area (Å²) in [6.07, 6.45) is 11.1. The van der Waals surface area contributed by atoms with Gasteiger partial charge in [-0.1, -0.05) is 30.7 Å². The van der Waals surface area contributed by atoms with Crippen molar-refractivity contribution in [3.8, 4) is 0 Å². The zero-order chi connectivity index (χ0) is 24.4. The van der Waals surface area contributed by atoms with Crippen LogP contribution in [0.5, 0.6) is 0 Å². The highest BCUT2D eigenvalue weighted by Gasteiger charge is 2.44. The van der Waals surface area contributed by atoms with Crippen LogP contribution >= 0.6 is 11.6 Å². The van der Waals surface area contributed by atoms with E-state index in [0.717, 1.165) is 50.3 Å². The maximum absolute atomic E-state index is 13.3. The number of hydrogen-bond acceptors (Lipinski definition) is 6. The lowest BCUT2D eigenvalue weighted by molar-refractivity contribution is 0.0923. The molecule has 35 heavy (non-hydrogen) atoms. The molecule has 1 spiro atoms. The third-order valence-corrected chi connectivity index (χ3v) is 8.54. The van der Waals surface area contributed by atoms with E-state index in [2.05, 4.69) is 27.4 Å². The van der Waals surface area contributed by atoms with Crippen molar-refractivity contribution in [2.45, 2.75) is 77.5 Å². The van der Waals surface area contributed by atoms with Crippen molar-refractivity contribution >= 4 is 29.3 Å². The average molecular weight is 498 g/mol. The summed E-state index contributed by atoms with van der Waals surface area (Å²) >= 11 is 6.28. The van der Waals surface area contributed by atoms with Crippen molar-refractivity contribution in [3.05, 3.63) is 46.1 Å². The number of carbonyl (C=O) groups excluding carboxylic acids is 1. The molecule has 1 amide bonds. The number of piperidine rings is 1. The maximum atomic E-state index is 13.3. The summed E-state index contributed by atoms with van der Waals surface area (Å²) in [6, 6.07) is 5.79. The lowest BCUT2D eigenvalue weighted by Crippen LogP contribution is -2.38. The monoisotopic (exact) mass is 497 g/mol. The van der Waals surface area contributed by atoms with Gasteiger partial charge in [0.25, 0.3) is 5.91 Å². The number of aliphatic hydroxyl groups excluding tert-OH is 1. The number of rotatable bonds is 7. The normalized spacial score (nSPS) is 23.2. The summed E-state index contributed by atoms with van der Waals surface area (Å²) in [5.74, 6) is 1.83. The summed E-state index contributed by atoms with van der Waals surface area (Å²) < 4.78 is 0. The van der Waals surface area contributed by atoms with Gasteiger partial charge in [-0.05, 0) is 79.9 Å². The molecule has 1 aliphatic heterocycles. The number of halogens is 1. The van der Waals surface area contributed by atoms with Gasteiger partial charge in [0.1, 0.15) is 11.4 Å². The molecule has 3 N–H and O–H groups in total. The van der Waals surface area contributed by atoms with Gasteiger partial charge in [-0.2, -0.15) is 4.98 Å². The Bertz CT molecular complexity index is 1060. The first kappa shape index (κ1) is 24.3. The number of amides is 1. The van der Waals surface area contributed by atoms with Crippen LogP contribution in [0.15, 0.2) is 24.4 Å². The maximum Gasteiger partial charge on any atom is 0.256 e. The molecule has 2 heterocycles. The fourth-order valence-corrected chi connectivity index (χ4v) is 5.63. The lowest BCUT2D eigenvalue weighted by Gasteiger charge is -2.32. The first-order valence-electron chi connectivity index (χ1n) is 13.0. The van der Waals surface area contributed by atoms with Crippen LogP contribution in [-0.2, 0) is 13.2 Å². The van der Waals surface area contributed by atoms with Gasteiger partial charge in [0.2, 0.25) is 5.95 Å². The summed E-state index contributed by atoms with van der Waals surface area (Å²) in [5, 5.41) is 16.5. The van der Waals surface area contributed by atoms with Gasteiger partial charge in [0, 0.05) is 36.9 Å². The van der Waals surface area contributed by atoms with Gasteiger partial charge in [-0.3, -0.25) is 4.79 Å². The second kappa shape index (κ2) is 10.3. The number of nitrogens with one attached hydrogen (secondary N) is 2. The molecule has 1 aromatic carbocycles. The number of carbonyl (C=O) groups is 1. The Morgan fingerprint density at radius 2 is 1.91 bits per heavy atom. The summed E-state index contributed by atoms with van der Waals surface area (Å²) in [6.45, 7) is 4.57. The molecule has 2 aliphatic carbocycles. The van der Waals surface area contributed by atoms with E-state index >= 15 is 0 Å². The van der Waals surface area contributed by atoms with Crippen LogP contribution in [-0.4, -0.2) is 40.1 Å². The highest BCUT2D eigenvalue weighted by atomic mass is 35.5. The van der Waals surface area contributed by atoms with E-state index in [0.29, 0.717) is 39.9 Å². The number of aliphatic hydroxyl groups is 1. The highest BCUT2D eigenvalue weighted by molar-refractivity contribution is 6.31. The largest absolute Gasteiger partial charge is 0.392 e. The molecule has 8 heteroatoms.